The molecule has 0 saturated carbocycles. The number of rotatable bonds is 4. The summed E-state index contributed by atoms with van der Waals surface area (Å²) in [5.74, 6) is 0.560. The van der Waals surface area contributed by atoms with Gasteiger partial charge in [0.15, 0.2) is 0 Å². The number of aromatic amines is 1. The van der Waals surface area contributed by atoms with Gasteiger partial charge in [-0.2, -0.15) is 0 Å². The van der Waals surface area contributed by atoms with Crippen molar-refractivity contribution in [3.8, 4) is 17.0 Å². The topological polar surface area (TPSA) is 77.3 Å². The molecule has 0 saturated heterocycles. The normalized spacial score (nSPS) is 10.2. The van der Waals surface area contributed by atoms with E-state index >= 15 is 0 Å². The molecule has 1 heterocycles. The molecule has 5 nitrogen and oxygen atoms in total. The predicted octanol–water partition coefficient (Wildman–Crippen LogP) is 2.45. The lowest BCUT2D eigenvalue weighted by Gasteiger charge is -2.08. The number of nitrogens with two attached hydrogens (primary N) is 1. The number of ether oxygens (including phenoxy) is 2. The van der Waals surface area contributed by atoms with Crippen molar-refractivity contribution in [1.82, 2.24) is 4.98 Å². The molecule has 2 aromatic rings. The van der Waals surface area contributed by atoms with E-state index in [-0.39, 0.29) is 5.82 Å². The Morgan fingerprint density at radius 1 is 1.37 bits per heavy atom. The first kappa shape index (κ1) is 13.0. The van der Waals surface area contributed by atoms with Crippen molar-refractivity contribution in [2.75, 3.05) is 19.5 Å². The fraction of sp³-hybridized carbons (Fsp3) is 0.214. The Hall–Kier alpha value is -2.43. The minimum absolute atomic E-state index is 0.285. The number of hydrogen-bond acceptors (Lipinski definition) is 4. The number of para-hydroxylation sites is 1. The first-order valence-electron chi connectivity index (χ1n) is 5.96. The molecule has 1 aromatic carbocycles. The smallest absolute Gasteiger partial charge is 0.341 e. The summed E-state index contributed by atoms with van der Waals surface area (Å²) in [5.41, 5.74) is 7.68. The van der Waals surface area contributed by atoms with Gasteiger partial charge in [-0.3, -0.25) is 0 Å². The molecule has 5 heteroatoms. The molecule has 0 fully saturated rings. The van der Waals surface area contributed by atoms with Gasteiger partial charge in [0.2, 0.25) is 0 Å². The largest absolute Gasteiger partial charge is 0.493 e. The van der Waals surface area contributed by atoms with E-state index in [1.165, 1.54) is 7.11 Å². The van der Waals surface area contributed by atoms with E-state index in [0.29, 0.717) is 12.2 Å². The average molecular weight is 260 g/mol. The lowest BCUT2D eigenvalue weighted by atomic mass is 10.1. The second-order valence-corrected chi connectivity index (χ2v) is 3.93. The summed E-state index contributed by atoms with van der Waals surface area (Å²) >= 11 is 0. The van der Waals surface area contributed by atoms with E-state index in [1.807, 2.05) is 31.2 Å². The van der Waals surface area contributed by atoms with Gasteiger partial charge in [-0.25, -0.2) is 4.79 Å². The number of benzene rings is 1. The van der Waals surface area contributed by atoms with Crippen LogP contribution in [-0.4, -0.2) is 24.7 Å². The molecule has 1 aromatic heterocycles. The molecular weight excluding hydrogens is 244 g/mol. The number of anilines is 1. The summed E-state index contributed by atoms with van der Waals surface area (Å²) in [6.45, 7) is 2.48. The van der Waals surface area contributed by atoms with Crippen molar-refractivity contribution in [3.63, 3.8) is 0 Å². The summed E-state index contributed by atoms with van der Waals surface area (Å²) in [6, 6.07) is 9.22. The van der Waals surface area contributed by atoms with Crippen molar-refractivity contribution in [2.24, 2.45) is 0 Å². The molecule has 0 spiro atoms. The van der Waals surface area contributed by atoms with Crippen LogP contribution in [0, 0.1) is 0 Å². The van der Waals surface area contributed by atoms with Gasteiger partial charge < -0.3 is 20.2 Å². The number of esters is 1. The van der Waals surface area contributed by atoms with Crippen molar-refractivity contribution in [1.29, 1.82) is 0 Å². The maximum absolute atomic E-state index is 11.5. The summed E-state index contributed by atoms with van der Waals surface area (Å²) in [6.07, 6.45) is 0. The molecule has 2 rings (SSSR count). The van der Waals surface area contributed by atoms with Crippen molar-refractivity contribution in [2.45, 2.75) is 6.92 Å². The van der Waals surface area contributed by atoms with Crippen LogP contribution in [0.2, 0.25) is 0 Å². The monoisotopic (exact) mass is 260 g/mol. The highest BCUT2D eigenvalue weighted by Gasteiger charge is 2.16. The minimum Gasteiger partial charge on any atom is -0.493 e. The number of H-pyrrole nitrogens is 1. The highest BCUT2D eigenvalue weighted by Crippen LogP contribution is 2.31. The zero-order valence-electron chi connectivity index (χ0n) is 10.9. The molecule has 0 unspecified atom stereocenters. The highest BCUT2D eigenvalue weighted by atomic mass is 16.5. The van der Waals surface area contributed by atoms with Gasteiger partial charge in [0.05, 0.1) is 19.4 Å². The number of aromatic nitrogens is 1. The van der Waals surface area contributed by atoms with Crippen molar-refractivity contribution < 1.29 is 14.3 Å². The summed E-state index contributed by atoms with van der Waals surface area (Å²) < 4.78 is 10.2. The van der Waals surface area contributed by atoms with Gasteiger partial charge in [-0.15, -0.1) is 0 Å². The standard InChI is InChI=1S/C14H16N2O3/c1-3-19-12-7-5-4-6-9(12)11-8-10(13(15)16-11)14(17)18-2/h4-8,16H,3,15H2,1-2H3. The van der Waals surface area contributed by atoms with Crippen LogP contribution in [0.5, 0.6) is 5.75 Å². The van der Waals surface area contributed by atoms with Crippen LogP contribution in [0.25, 0.3) is 11.3 Å². The third kappa shape index (κ3) is 2.54. The zero-order chi connectivity index (χ0) is 13.8. The number of carbonyl (C=O) groups excluding carboxylic acids is 1. The van der Waals surface area contributed by atoms with Gasteiger partial charge in [-0.05, 0) is 25.1 Å². The van der Waals surface area contributed by atoms with Crippen LogP contribution in [0.1, 0.15) is 17.3 Å². The second-order valence-electron chi connectivity index (χ2n) is 3.93. The zero-order valence-corrected chi connectivity index (χ0v) is 10.9. The van der Waals surface area contributed by atoms with Gasteiger partial charge in [0.25, 0.3) is 0 Å². The lowest BCUT2D eigenvalue weighted by Crippen LogP contribution is -2.02. The molecule has 0 atom stereocenters. The van der Waals surface area contributed by atoms with Gasteiger partial charge in [-0.1, -0.05) is 12.1 Å². The second kappa shape index (κ2) is 5.48. The van der Waals surface area contributed by atoms with Crippen LogP contribution < -0.4 is 10.5 Å². The van der Waals surface area contributed by atoms with E-state index in [9.17, 15) is 4.79 Å². The van der Waals surface area contributed by atoms with Gasteiger partial charge in [0, 0.05) is 5.56 Å². The van der Waals surface area contributed by atoms with E-state index in [1.54, 1.807) is 6.07 Å². The molecule has 100 valence electrons. The maximum atomic E-state index is 11.5. The van der Waals surface area contributed by atoms with Gasteiger partial charge in [0.1, 0.15) is 17.1 Å². The third-order valence-corrected chi connectivity index (χ3v) is 2.73. The molecule has 0 aliphatic rings. The van der Waals surface area contributed by atoms with Crippen molar-refractivity contribution in [3.05, 3.63) is 35.9 Å². The number of hydrogen-bond donors (Lipinski definition) is 2. The summed E-state index contributed by atoms with van der Waals surface area (Å²) in [5, 5.41) is 0. The molecule has 19 heavy (non-hydrogen) atoms. The highest BCUT2D eigenvalue weighted by molar-refractivity contribution is 5.96. The molecular formula is C14H16N2O3. The van der Waals surface area contributed by atoms with Crippen molar-refractivity contribution >= 4 is 11.8 Å². The number of nitrogens with one attached hydrogen (secondary N) is 1. The summed E-state index contributed by atoms with van der Waals surface area (Å²) in [7, 11) is 1.32. The number of carbonyl (C=O) groups is 1. The third-order valence-electron chi connectivity index (χ3n) is 2.73. The van der Waals surface area contributed by atoms with Crippen LogP contribution >= 0.6 is 0 Å². The Morgan fingerprint density at radius 2 is 2.11 bits per heavy atom. The Labute approximate surface area is 111 Å². The first-order valence-corrected chi connectivity index (χ1v) is 5.96. The Kier molecular flexibility index (Phi) is 3.75. The molecule has 0 aliphatic heterocycles. The minimum atomic E-state index is -0.464. The van der Waals surface area contributed by atoms with Crippen LogP contribution in [-0.2, 0) is 4.74 Å². The molecule has 0 radical (unpaired) electrons. The van der Waals surface area contributed by atoms with E-state index in [4.69, 9.17) is 10.5 Å². The predicted molar refractivity (Wildman–Crippen MR) is 73.1 cm³/mol. The number of nitrogen functional groups attached to an aromatic ring is 1. The van der Waals surface area contributed by atoms with Gasteiger partial charge >= 0.3 is 5.97 Å². The molecule has 0 aliphatic carbocycles. The first-order chi connectivity index (χ1) is 9.17. The Morgan fingerprint density at radius 3 is 2.79 bits per heavy atom. The molecule has 3 N–H and O–H groups in total. The lowest BCUT2D eigenvalue weighted by molar-refractivity contribution is 0.0602. The fourth-order valence-electron chi connectivity index (χ4n) is 1.87. The Bertz CT molecular complexity index is 590. The van der Waals surface area contributed by atoms with E-state index < -0.39 is 5.97 Å². The Balaban J connectivity index is 2.45. The quantitative estimate of drug-likeness (QED) is 0.828. The van der Waals surface area contributed by atoms with Crippen LogP contribution in [0.3, 0.4) is 0 Å². The van der Waals surface area contributed by atoms with E-state index in [2.05, 4.69) is 9.72 Å². The fourth-order valence-corrected chi connectivity index (χ4v) is 1.87. The SMILES string of the molecule is CCOc1ccccc1-c1cc(C(=O)OC)c(N)[nH]1. The average Bonchev–Trinajstić information content (AvgIpc) is 2.81. The molecule has 0 bridgehead atoms. The number of methoxy groups -OCH3 is 1. The van der Waals surface area contributed by atoms with Crippen LogP contribution in [0.15, 0.2) is 30.3 Å². The van der Waals surface area contributed by atoms with Crippen LogP contribution in [0.4, 0.5) is 5.82 Å². The summed E-state index contributed by atoms with van der Waals surface area (Å²) in [4.78, 5) is 14.5. The maximum Gasteiger partial charge on any atom is 0.341 e. The van der Waals surface area contributed by atoms with E-state index in [0.717, 1.165) is 17.0 Å². The molecule has 0 amide bonds.